The fourth-order valence-electron chi connectivity index (χ4n) is 3.14. The largest absolute Gasteiger partial charge is 0.465 e. The number of benzene rings is 1. The third-order valence-electron chi connectivity index (χ3n) is 4.83. The lowest BCUT2D eigenvalue weighted by Crippen LogP contribution is -2.41. The van der Waals surface area contributed by atoms with Gasteiger partial charge in [0, 0.05) is 18.8 Å². The van der Waals surface area contributed by atoms with E-state index in [4.69, 9.17) is 15.7 Å². The van der Waals surface area contributed by atoms with Crippen LogP contribution in [-0.2, 0) is 29.1 Å². The summed E-state index contributed by atoms with van der Waals surface area (Å²) in [6.45, 7) is 0.863. The normalized spacial score (nSPS) is 16.0. The number of carbonyl (C=O) groups excluding carboxylic acids is 3. The van der Waals surface area contributed by atoms with Gasteiger partial charge in [0.15, 0.2) is 6.61 Å². The molecular formula is C20H23N3O7S. The quantitative estimate of drug-likeness (QED) is 0.360. The second-order valence-corrected chi connectivity index (χ2v) is 8.77. The Morgan fingerprint density at radius 2 is 1.84 bits per heavy atom. The molecule has 0 atom stereocenters. The summed E-state index contributed by atoms with van der Waals surface area (Å²) in [5.41, 5.74) is 5.15. The van der Waals surface area contributed by atoms with Crippen LogP contribution in [0, 0.1) is 17.2 Å². The fraction of sp³-hybridized carbons (Fsp3) is 0.400. The minimum atomic E-state index is -3.98. The number of rotatable bonds is 7. The van der Waals surface area contributed by atoms with E-state index in [1.165, 1.54) is 35.5 Å². The number of nitrogens with zero attached hydrogens (tertiary/aromatic N) is 2. The molecule has 1 aromatic carbocycles. The first kappa shape index (κ1) is 24.0. The van der Waals surface area contributed by atoms with Gasteiger partial charge in [-0.3, -0.25) is 9.59 Å². The molecule has 0 radical (unpaired) electrons. The van der Waals surface area contributed by atoms with Gasteiger partial charge in [0.05, 0.1) is 23.5 Å². The average molecular weight is 449 g/mol. The van der Waals surface area contributed by atoms with Crippen molar-refractivity contribution in [3.63, 3.8) is 0 Å². The highest BCUT2D eigenvalue weighted by Crippen LogP contribution is 2.27. The van der Waals surface area contributed by atoms with E-state index in [1.807, 2.05) is 0 Å². The van der Waals surface area contributed by atoms with E-state index < -0.39 is 40.3 Å². The fourth-order valence-corrected chi connectivity index (χ4v) is 4.79. The van der Waals surface area contributed by atoms with Crippen molar-refractivity contribution in [2.24, 2.45) is 11.7 Å². The van der Waals surface area contributed by atoms with E-state index in [0.717, 1.165) is 7.11 Å². The Bertz CT molecular complexity index is 1040. The molecule has 11 heteroatoms. The van der Waals surface area contributed by atoms with E-state index in [-0.39, 0.29) is 47.7 Å². The molecule has 166 valence electrons. The molecule has 2 rings (SSSR count). The predicted octanol–water partition coefficient (Wildman–Crippen LogP) is 0.742. The van der Waals surface area contributed by atoms with Gasteiger partial charge in [0.1, 0.15) is 11.6 Å². The SMILES string of the molecule is COC(=O)c1ccccc1S(=O)(=O)N1CCC(C(=O)OCC(=O)/C(C#N)=C(\C)N)CC1. The van der Waals surface area contributed by atoms with Crippen molar-refractivity contribution >= 4 is 27.7 Å². The first-order valence-corrected chi connectivity index (χ1v) is 10.8. The van der Waals surface area contributed by atoms with Gasteiger partial charge in [-0.05, 0) is 31.9 Å². The number of sulfonamides is 1. The number of carbonyl (C=O) groups is 3. The third-order valence-corrected chi connectivity index (χ3v) is 6.78. The van der Waals surface area contributed by atoms with Crippen LogP contribution in [0.15, 0.2) is 40.4 Å². The monoisotopic (exact) mass is 449 g/mol. The number of hydrogen-bond donors (Lipinski definition) is 1. The molecule has 0 saturated carbocycles. The molecule has 1 aliphatic rings. The molecule has 1 saturated heterocycles. The number of hydrogen-bond acceptors (Lipinski definition) is 9. The van der Waals surface area contributed by atoms with Crippen molar-refractivity contribution in [3.05, 3.63) is 41.1 Å². The Morgan fingerprint density at radius 1 is 1.23 bits per heavy atom. The van der Waals surface area contributed by atoms with Gasteiger partial charge in [0.25, 0.3) is 0 Å². The molecule has 2 N–H and O–H groups in total. The summed E-state index contributed by atoms with van der Waals surface area (Å²) >= 11 is 0. The zero-order chi connectivity index (χ0) is 23.2. The molecule has 1 heterocycles. The van der Waals surface area contributed by atoms with Crippen molar-refractivity contribution in [3.8, 4) is 6.07 Å². The van der Waals surface area contributed by atoms with Crippen molar-refractivity contribution in [2.75, 3.05) is 26.8 Å². The van der Waals surface area contributed by atoms with Crippen LogP contribution in [0.4, 0.5) is 0 Å². The Labute approximate surface area is 180 Å². The van der Waals surface area contributed by atoms with E-state index in [1.54, 1.807) is 6.07 Å². The molecule has 1 aromatic rings. The molecule has 10 nitrogen and oxygen atoms in total. The van der Waals surface area contributed by atoms with Crippen LogP contribution < -0.4 is 5.73 Å². The molecule has 0 amide bonds. The molecule has 0 unspecified atom stereocenters. The van der Waals surface area contributed by atoms with Crippen LogP contribution in [0.2, 0.25) is 0 Å². The van der Waals surface area contributed by atoms with Crippen LogP contribution in [0.25, 0.3) is 0 Å². The first-order chi connectivity index (χ1) is 14.6. The lowest BCUT2D eigenvalue weighted by Gasteiger charge is -2.30. The summed E-state index contributed by atoms with van der Waals surface area (Å²) in [6, 6.07) is 7.40. The summed E-state index contributed by atoms with van der Waals surface area (Å²) < 4.78 is 36.8. The minimum Gasteiger partial charge on any atom is -0.465 e. The maximum Gasteiger partial charge on any atom is 0.339 e. The highest BCUT2D eigenvalue weighted by atomic mass is 32.2. The van der Waals surface area contributed by atoms with Crippen molar-refractivity contribution in [1.82, 2.24) is 4.31 Å². The average Bonchev–Trinajstić information content (AvgIpc) is 2.77. The Morgan fingerprint density at radius 3 is 2.39 bits per heavy atom. The summed E-state index contributed by atoms with van der Waals surface area (Å²) in [5.74, 6) is -2.70. The standard InChI is InChI=1S/C20H23N3O7S/c1-13(22)16(11-21)17(24)12-30-19(25)14-7-9-23(10-8-14)31(27,28)18-6-4-3-5-15(18)20(26)29-2/h3-6,14H,7-10,12,22H2,1-2H3/b16-13+. The molecular weight excluding hydrogens is 426 g/mol. The number of nitriles is 1. The van der Waals surface area contributed by atoms with E-state index >= 15 is 0 Å². The first-order valence-electron chi connectivity index (χ1n) is 9.37. The van der Waals surface area contributed by atoms with Gasteiger partial charge in [-0.2, -0.15) is 9.57 Å². The second kappa shape index (κ2) is 10.2. The van der Waals surface area contributed by atoms with E-state index in [9.17, 15) is 22.8 Å². The summed E-state index contributed by atoms with van der Waals surface area (Å²) in [6.07, 6.45) is 0.368. The number of esters is 2. The number of methoxy groups -OCH3 is 1. The molecule has 0 aliphatic carbocycles. The lowest BCUT2D eigenvalue weighted by atomic mass is 9.98. The van der Waals surface area contributed by atoms with Gasteiger partial charge >= 0.3 is 11.9 Å². The molecule has 31 heavy (non-hydrogen) atoms. The highest BCUT2D eigenvalue weighted by Gasteiger charge is 2.35. The van der Waals surface area contributed by atoms with Gasteiger partial charge in [0.2, 0.25) is 15.8 Å². The smallest absolute Gasteiger partial charge is 0.339 e. The number of allylic oxidation sites excluding steroid dienone is 1. The number of ether oxygens (including phenoxy) is 2. The maximum absolute atomic E-state index is 13.0. The van der Waals surface area contributed by atoms with Gasteiger partial charge in [-0.25, -0.2) is 13.2 Å². The van der Waals surface area contributed by atoms with Crippen LogP contribution in [0.1, 0.15) is 30.1 Å². The van der Waals surface area contributed by atoms with Crippen LogP contribution in [0.5, 0.6) is 0 Å². The zero-order valence-corrected chi connectivity index (χ0v) is 18.0. The molecule has 0 aromatic heterocycles. The highest BCUT2D eigenvalue weighted by molar-refractivity contribution is 7.89. The molecule has 0 spiro atoms. The summed E-state index contributed by atoms with van der Waals surface area (Å²) in [5, 5.41) is 8.91. The van der Waals surface area contributed by atoms with Crippen LogP contribution in [0.3, 0.4) is 0 Å². The topological polar surface area (TPSA) is 157 Å². The predicted molar refractivity (Wildman–Crippen MR) is 108 cm³/mol. The maximum atomic E-state index is 13.0. The second-order valence-electron chi connectivity index (χ2n) is 6.87. The minimum absolute atomic E-state index is 0.0364. The Hall–Kier alpha value is -3.23. The number of ketones is 1. The van der Waals surface area contributed by atoms with Gasteiger partial charge in [-0.1, -0.05) is 12.1 Å². The van der Waals surface area contributed by atoms with Crippen molar-refractivity contribution in [1.29, 1.82) is 5.26 Å². The Balaban J connectivity index is 2.02. The third kappa shape index (κ3) is 5.48. The van der Waals surface area contributed by atoms with Crippen molar-refractivity contribution < 1.29 is 32.3 Å². The number of piperidine rings is 1. The zero-order valence-electron chi connectivity index (χ0n) is 17.2. The summed E-state index contributed by atoms with van der Waals surface area (Å²) in [7, 11) is -2.81. The van der Waals surface area contributed by atoms with Crippen LogP contribution >= 0.6 is 0 Å². The number of Topliss-reactive ketones (excluding diaryl/α,β-unsaturated/α-hetero) is 1. The molecule has 1 aliphatic heterocycles. The Kier molecular flexibility index (Phi) is 7.90. The van der Waals surface area contributed by atoms with Crippen LogP contribution in [-0.4, -0.2) is 57.3 Å². The number of nitrogens with two attached hydrogens (primary N) is 1. The summed E-state index contributed by atoms with van der Waals surface area (Å²) in [4.78, 5) is 35.9. The lowest BCUT2D eigenvalue weighted by molar-refractivity contribution is -0.152. The van der Waals surface area contributed by atoms with E-state index in [2.05, 4.69) is 4.74 Å². The van der Waals surface area contributed by atoms with Crippen molar-refractivity contribution in [2.45, 2.75) is 24.7 Å². The van der Waals surface area contributed by atoms with E-state index in [0.29, 0.717) is 0 Å². The molecule has 1 fully saturated rings. The molecule has 0 bridgehead atoms. The van der Waals surface area contributed by atoms with Gasteiger partial charge in [-0.15, -0.1) is 0 Å². The van der Waals surface area contributed by atoms with Gasteiger partial charge < -0.3 is 15.2 Å².